The SMILES string of the molecule is Cc1c(COc2cc(OCc3cncc(C#N)c3)c(CCC[C@@H](O)CC(=O)O)cc2Cl)cccc1-c1cccc(-c2ccc(CN3CC[C@H](O)C3)cc2)c1C. The van der Waals surface area contributed by atoms with Crippen molar-refractivity contribution in [2.75, 3.05) is 13.1 Å². The van der Waals surface area contributed by atoms with Crippen molar-refractivity contribution in [3.63, 3.8) is 0 Å². The number of benzene rings is 4. The molecule has 0 aliphatic carbocycles. The van der Waals surface area contributed by atoms with Crippen molar-refractivity contribution in [3.8, 4) is 39.8 Å². The van der Waals surface area contributed by atoms with Crippen LogP contribution in [0.1, 0.15) is 64.6 Å². The summed E-state index contributed by atoms with van der Waals surface area (Å²) < 4.78 is 12.6. The van der Waals surface area contributed by atoms with Gasteiger partial charge in [-0.05, 0) is 102 Å². The molecule has 1 aliphatic rings. The maximum absolute atomic E-state index is 11.0. The zero-order valence-electron chi connectivity index (χ0n) is 31.2. The fourth-order valence-corrected chi connectivity index (χ4v) is 7.41. The van der Waals surface area contributed by atoms with E-state index in [0.29, 0.717) is 41.3 Å². The van der Waals surface area contributed by atoms with Crippen LogP contribution in [0.5, 0.6) is 11.5 Å². The molecule has 55 heavy (non-hydrogen) atoms. The molecule has 6 rings (SSSR count). The van der Waals surface area contributed by atoms with E-state index in [1.165, 1.54) is 22.9 Å². The van der Waals surface area contributed by atoms with Crippen LogP contribution in [0, 0.1) is 25.2 Å². The van der Waals surface area contributed by atoms with Crippen LogP contribution in [0.4, 0.5) is 0 Å². The van der Waals surface area contributed by atoms with Crippen molar-refractivity contribution in [3.05, 3.63) is 135 Å². The number of ether oxygens (including phenoxy) is 2. The molecule has 4 aromatic carbocycles. The van der Waals surface area contributed by atoms with Gasteiger partial charge in [0.05, 0.1) is 29.2 Å². The predicted molar refractivity (Wildman–Crippen MR) is 213 cm³/mol. The van der Waals surface area contributed by atoms with Crippen molar-refractivity contribution in [2.45, 2.75) is 77.9 Å². The van der Waals surface area contributed by atoms with Crippen LogP contribution in [0.3, 0.4) is 0 Å². The van der Waals surface area contributed by atoms with Crippen molar-refractivity contribution >= 4 is 17.6 Å². The van der Waals surface area contributed by atoms with Crippen LogP contribution in [-0.4, -0.2) is 56.5 Å². The van der Waals surface area contributed by atoms with Gasteiger partial charge in [0.15, 0.2) is 0 Å². The van der Waals surface area contributed by atoms with Crippen LogP contribution in [-0.2, 0) is 31.0 Å². The second-order valence-electron chi connectivity index (χ2n) is 14.2. The second-order valence-corrected chi connectivity index (χ2v) is 14.7. The molecule has 2 heterocycles. The fourth-order valence-electron chi connectivity index (χ4n) is 7.17. The van der Waals surface area contributed by atoms with Gasteiger partial charge in [0.25, 0.3) is 0 Å². The molecular weight excluding hydrogens is 714 g/mol. The first kappa shape index (κ1) is 39.5. The van der Waals surface area contributed by atoms with Crippen LogP contribution in [0.2, 0.25) is 5.02 Å². The lowest BCUT2D eigenvalue weighted by Crippen LogP contribution is -2.21. The highest BCUT2D eigenvalue weighted by Crippen LogP contribution is 2.37. The van der Waals surface area contributed by atoms with E-state index in [9.17, 15) is 20.3 Å². The van der Waals surface area contributed by atoms with Crippen LogP contribution in [0.15, 0.2) is 91.3 Å². The number of aryl methyl sites for hydroxylation is 1. The zero-order valence-corrected chi connectivity index (χ0v) is 31.9. The standard InChI is InChI=1S/C45H46ClN3O6/c1-29-36(7-4-10-40(29)41-11-5-9-39(30(41)2)34-14-12-31(13-15-34)25-49-17-16-38(51)26-49)28-55-44-21-43(54-27-33-18-32(22-47)23-48-24-33)35(19-42(44)46)6-3-8-37(50)20-45(52)53/h4-5,7,9-15,18-19,21,23-24,37-38,50-51H,3,6,8,16-17,20,25-28H2,1-2H3,(H,52,53)/t37-,38+/m1/s1. The molecule has 3 N–H and O–H groups in total. The molecule has 1 saturated heterocycles. The number of carboxylic acids is 1. The number of carbonyl (C=O) groups is 1. The number of aliphatic hydroxyl groups excluding tert-OH is 2. The van der Waals surface area contributed by atoms with E-state index in [2.05, 4.69) is 78.3 Å². The highest BCUT2D eigenvalue weighted by Gasteiger charge is 2.20. The largest absolute Gasteiger partial charge is 0.488 e. The molecule has 0 saturated carbocycles. The highest BCUT2D eigenvalue weighted by molar-refractivity contribution is 6.32. The molecule has 0 amide bonds. The number of hydrogen-bond acceptors (Lipinski definition) is 8. The Kier molecular flexibility index (Phi) is 13.2. The van der Waals surface area contributed by atoms with Crippen molar-refractivity contribution in [1.82, 2.24) is 9.88 Å². The predicted octanol–water partition coefficient (Wildman–Crippen LogP) is 8.44. The van der Waals surface area contributed by atoms with E-state index in [-0.39, 0.29) is 25.7 Å². The number of aromatic nitrogens is 1. The quantitative estimate of drug-likeness (QED) is 0.0906. The minimum absolute atomic E-state index is 0.158. The van der Waals surface area contributed by atoms with Crippen LogP contribution in [0.25, 0.3) is 22.3 Å². The summed E-state index contributed by atoms with van der Waals surface area (Å²) in [6.07, 6.45) is 3.81. The van der Waals surface area contributed by atoms with Gasteiger partial charge in [-0.3, -0.25) is 14.7 Å². The van der Waals surface area contributed by atoms with Crippen LogP contribution >= 0.6 is 11.6 Å². The number of carboxylic acid groups (broad SMARTS) is 1. The minimum Gasteiger partial charge on any atom is -0.488 e. The maximum atomic E-state index is 11.0. The number of hydrogen-bond donors (Lipinski definition) is 3. The lowest BCUT2D eigenvalue weighted by atomic mass is 9.89. The normalized spacial score (nSPS) is 14.7. The lowest BCUT2D eigenvalue weighted by molar-refractivity contribution is -0.139. The van der Waals surface area contributed by atoms with Gasteiger partial charge < -0.3 is 24.8 Å². The third kappa shape index (κ3) is 10.3. The Hall–Kier alpha value is -5.24. The van der Waals surface area contributed by atoms with E-state index in [1.54, 1.807) is 24.4 Å². The number of halogens is 1. The summed E-state index contributed by atoms with van der Waals surface area (Å²) >= 11 is 6.79. The van der Waals surface area contributed by atoms with E-state index >= 15 is 0 Å². The first-order valence-corrected chi connectivity index (χ1v) is 19.0. The minimum atomic E-state index is -1.05. The number of nitriles is 1. The Bertz CT molecular complexity index is 2170. The molecule has 9 nitrogen and oxygen atoms in total. The summed E-state index contributed by atoms with van der Waals surface area (Å²) in [5.41, 5.74) is 11.1. The summed E-state index contributed by atoms with van der Waals surface area (Å²) in [7, 11) is 0. The molecule has 0 bridgehead atoms. The second kappa shape index (κ2) is 18.4. The monoisotopic (exact) mass is 759 g/mol. The maximum Gasteiger partial charge on any atom is 0.305 e. The Labute approximate surface area is 327 Å². The van der Waals surface area contributed by atoms with Gasteiger partial charge in [0.1, 0.15) is 30.8 Å². The molecule has 1 fully saturated rings. The summed E-state index contributed by atoms with van der Waals surface area (Å²) in [5.74, 6) is -0.0610. The molecule has 284 valence electrons. The van der Waals surface area contributed by atoms with E-state index < -0.39 is 12.1 Å². The van der Waals surface area contributed by atoms with E-state index in [4.69, 9.17) is 26.2 Å². The summed E-state index contributed by atoms with van der Waals surface area (Å²) in [5, 5.41) is 38.7. The first-order valence-electron chi connectivity index (χ1n) is 18.6. The highest BCUT2D eigenvalue weighted by atomic mass is 35.5. The molecule has 0 spiro atoms. The van der Waals surface area contributed by atoms with Crippen LogP contribution < -0.4 is 9.47 Å². The number of aliphatic carboxylic acids is 1. The summed E-state index contributed by atoms with van der Waals surface area (Å²) in [6, 6.07) is 28.7. The molecule has 5 aromatic rings. The van der Waals surface area contributed by atoms with Gasteiger partial charge >= 0.3 is 5.97 Å². The van der Waals surface area contributed by atoms with Gasteiger partial charge in [0, 0.05) is 43.7 Å². The van der Waals surface area contributed by atoms with Gasteiger partial charge in [-0.25, -0.2) is 0 Å². The molecule has 10 heteroatoms. The number of likely N-dealkylation sites (tertiary alicyclic amines) is 1. The van der Waals surface area contributed by atoms with Crippen molar-refractivity contribution in [2.24, 2.45) is 0 Å². The van der Waals surface area contributed by atoms with E-state index in [1.807, 2.05) is 12.1 Å². The van der Waals surface area contributed by atoms with Crippen molar-refractivity contribution < 1.29 is 29.6 Å². The number of aliphatic hydroxyl groups is 2. The third-order valence-corrected chi connectivity index (χ3v) is 10.5. The molecule has 2 atom stereocenters. The first-order chi connectivity index (χ1) is 26.6. The van der Waals surface area contributed by atoms with Gasteiger partial charge in [-0.15, -0.1) is 0 Å². The Morgan fingerprint density at radius 3 is 2.38 bits per heavy atom. The average molecular weight is 760 g/mol. The van der Waals surface area contributed by atoms with Crippen molar-refractivity contribution in [1.29, 1.82) is 5.26 Å². The molecule has 1 aromatic heterocycles. The zero-order chi connectivity index (χ0) is 38.9. The number of rotatable bonds is 16. The van der Waals surface area contributed by atoms with E-state index in [0.717, 1.165) is 65.0 Å². The number of pyridine rings is 1. The summed E-state index contributed by atoms with van der Waals surface area (Å²) in [6.45, 7) is 7.18. The number of β-amino-alcohol motifs (C(OH)–C–C–N with tert-alkyl or cyclic N) is 1. The number of nitrogens with zero attached hydrogens (tertiary/aromatic N) is 3. The Balaban J connectivity index is 1.19. The van der Waals surface area contributed by atoms with Gasteiger partial charge in [-0.2, -0.15) is 5.26 Å². The Morgan fingerprint density at radius 2 is 1.65 bits per heavy atom. The molecular formula is C45H46ClN3O6. The lowest BCUT2D eigenvalue weighted by Gasteiger charge is -2.18. The smallest absolute Gasteiger partial charge is 0.305 e. The molecule has 0 unspecified atom stereocenters. The summed E-state index contributed by atoms with van der Waals surface area (Å²) in [4.78, 5) is 17.4. The van der Waals surface area contributed by atoms with Gasteiger partial charge in [0.2, 0.25) is 0 Å². The fraction of sp³-hybridized carbons (Fsp3) is 0.311. The topological polar surface area (TPSA) is 136 Å². The molecule has 1 aliphatic heterocycles. The average Bonchev–Trinajstić information content (AvgIpc) is 3.58. The third-order valence-electron chi connectivity index (χ3n) is 10.2. The van der Waals surface area contributed by atoms with Gasteiger partial charge in [-0.1, -0.05) is 72.3 Å². The molecule has 0 radical (unpaired) electrons. The Morgan fingerprint density at radius 1 is 0.927 bits per heavy atom.